The molecule has 4 heteroatoms. The van der Waals surface area contributed by atoms with Crippen LogP contribution in [0.5, 0.6) is 0 Å². The van der Waals surface area contributed by atoms with E-state index in [1.807, 2.05) is 6.20 Å². The molecular formula is C15H24N4. The summed E-state index contributed by atoms with van der Waals surface area (Å²) in [6.07, 6.45) is 1.94. The lowest BCUT2D eigenvalue weighted by Gasteiger charge is -2.18. The number of rotatable bonds is 8. The average molecular weight is 260 g/mol. The highest BCUT2D eigenvalue weighted by Crippen LogP contribution is 2.11. The Morgan fingerprint density at radius 3 is 2.74 bits per heavy atom. The number of nitrogens with zero attached hydrogens (tertiary/aromatic N) is 3. The van der Waals surface area contributed by atoms with E-state index in [0.717, 1.165) is 39.3 Å². The van der Waals surface area contributed by atoms with Gasteiger partial charge in [0.2, 0.25) is 0 Å². The zero-order chi connectivity index (χ0) is 13.5. The molecule has 2 aromatic rings. The van der Waals surface area contributed by atoms with Gasteiger partial charge in [-0.25, -0.2) is 0 Å². The quantitative estimate of drug-likeness (QED) is 0.737. The Hall–Kier alpha value is -1.39. The number of para-hydroxylation sites is 1. The second-order valence-corrected chi connectivity index (χ2v) is 4.70. The van der Waals surface area contributed by atoms with Crippen molar-refractivity contribution in [2.24, 2.45) is 0 Å². The molecule has 1 heterocycles. The van der Waals surface area contributed by atoms with Gasteiger partial charge in [0.1, 0.15) is 0 Å². The van der Waals surface area contributed by atoms with Crippen molar-refractivity contribution >= 4 is 10.9 Å². The molecule has 0 aliphatic heterocycles. The Morgan fingerprint density at radius 1 is 1.16 bits per heavy atom. The zero-order valence-corrected chi connectivity index (χ0v) is 12.0. The summed E-state index contributed by atoms with van der Waals surface area (Å²) in [6, 6.07) is 8.34. The predicted octanol–water partition coefficient (Wildman–Crippen LogP) is 1.97. The molecule has 0 amide bonds. The molecule has 0 fully saturated rings. The van der Waals surface area contributed by atoms with Crippen LogP contribution in [0.3, 0.4) is 0 Å². The van der Waals surface area contributed by atoms with E-state index in [1.165, 1.54) is 10.9 Å². The van der Waals surface area contributed by atoms with E-state index in [1.54, 1.807) is 0 Å². The molecule has 0 bridgehead atoms. The zero-order valence-electron chi connectivity index (χ0n) is 12.0. The van der Waals surface area contributed by atoms with Crippen molar-refractivity contribution in [1.29, 1.82) is 0 Å². The molecule has 0 aliphatic carbocycles. The van der Waals surface area contributed by atoms with Crippen LogP contribution in [0.1, 0.15) is 13.8 Å². The predicted molar refractivity (Wildman–Crippen MR) is 80.4 cm³/mol. The van der Waals surface area contributed by atoms with Gasteiger partial charge in [0, 0.05) is 25.0 Å². The second-order valence-electron chi connectivity index (χ2n) is 4.70. The first-order valence-electron chi connectivity index (χ1n) is 7.18. The van der Waals surface area contributed by atoms with Gasteiger partial charge in [-0.15, -0.1) is 0 Å². The number of hydrogen-bond acceptors (Lipinski definition) is 3. The summed E-state index contributed by atoms with van der Waals surface area (Å²) in [5, 5.41) is 9.13. The van der Waals surface area contributed by atoms with Crippen LogP contribution in [0, 0.1) is 0 Å². The molecule has 4 nitrogen and oxygen atoms in total. The molecular weight excluding hydrogens is 236 g/mol. The average Bonchev–Trinajstić information content (AvgIpc) is 2.86. The van der Waals surface area contributed by atoms with Crippen molar-refractivity contribution in [3.63, 3.8) is 0 Å². The second kappa shape index (κ2) is 7.26. The fourth-order valence-corrected chi connectivity index (χ4v) is 2.29. The minimum atomic E-state index is 0.922. The van der Waals surface area contributed by atoms with Crippen LogP contribution in [-0.2, 0) is 6.54 Å². The fraction of sp³-hybridized carbons (Fsp3) is 0.533. The summed E-state index contributed by atoms with van der Waals surface area (Å²) in [5.74, 6) is 0. The highest BCUT2D eigenvalue weighted by atomic mass is 15.3. The van der Waals surface area contributed by atoms with Crippen molar-refractivity contribution in [3.8, 4) is 0 Å². The molecule has 19 heavy (non-hydrogen) atoms. The lowest BCUT2D eigenvalue weighted by atomic mass is 10.2. The number of fused-ring (bicyclic) bond motifs is 1. The van der Waals surface area contributed by atoms with Gasteiger partial charge in [0.25, 0.3) is 0 Å². The normalized spacial score (nSPS) is 11.5. The topological polar surface area (TPSA) is 33.1 Å². The molecule has 0 saturated heterocycles. The Bertz CT molecular complexity index is 488. The maximum atomic E-state index is 4.43. The van der Waals surface area contributed by atoms with Crippen LogP contribution in [0.15, 0.2) is 30.5 Å². The Labute approximate surface area is 115 Å². The smallest absolute Gasteiger partial charge is 0.0682 e. The van der Waals surface area contributed by atoms with Crippen molar-refractivity contribution in [2.45, 2.75) is 20.4 Å². The lowest BCUT2D eigenvalue weighted by molar-refractivity contribution is 0.301. The van der Waals surface area contributed by atoms with Crippen LogP contribution >= 0.6 is 0 Å². The molecule has 1 aromatic carbocycles. The van der Waals surface area contributed by atoms with Gasteiger partial charge in [-0.3, -0.25) is 4.68 Å². The van der Waals surface area contributed by atoms with E-state index in [9.17, 15) is 0 Å². The van der Waals surface area contributed by atoms with Gasteiger partial charge < -0.3 is 10.2 Å². The molecule has 0 unspecified atom stereocenters. The summed E-state index contributed by atoms with van der Waals surface area (Å²) < 4.78 is 2.07. The fourth-order valence-electron chi connectivity index (χ4n) is 2.29. The minimum absolute atomic E-state index is 0.922. The highest BCUT2D eigenvalue weighted by Gasteiger charge is 2.01. The molecule has 2 rings (SSSR count). The van der Waals surface area contributed by atoms with E-state index in [-0.39, 0.29) is 0 Å². The first-order valence-corrected chi connectivity index (χ1v) is 7.18. The van der Waals surface area contributed by atoms with E-state index in [2.05, 4.69) is 58.1 Å². The van der Waals surface area contributed by atoms with Crippen LogP contribution in [0.4, 0.5) is 0 Å². The maximum absolute atomic E-state index is 4.43. The van der Waals surface area contributed by atoms with Crippen molar-refractivity contribution in [2.75, 3.05) is 32.7 Å². The first kappa shape index (κ1) is 14.0. The number of benzene rings is 1. The summed E-state index contributed by atoms with van der Waals surface area (Å²) in [7, 11) is 0. The van der Waals surface area contributed by atoms with Gasteiger partial charge >= 0.3 is 0 Å². The van der Waals surface area contributed by atoms with Gasteiger partial charge in [0.05, 0.1) is 18.3 Å². The molecule has 104 valence electrons. The maximum Gasteiger partial charge on any atom is 0.0682 e. The Balaban J connectivity index is 1.74. The van der Waals surface area contributed by atoms with Gasteiger partial charge in [-0.2, -0.15) is 5.10 Å². The van der Waals surface area contributed by atoms with Gasteiger partial charge in [-0.05, 0) is 19.2 Å². The minimum Gasteiger partial charge on any atom is -0.314 e. The van der Waals surface area contributed by atoms with Crippen molar-refractivity contribution in [3.05, 3.63) is 30.5 Å². The monoisotopic (exact) mass is 260 g/mol. The van der Waals surface area contributed by atoms with E-state index in [0.29, 0.717) is 0 Å². The van der Waals surface area contributed by atoms with Gasteiger partial charge in [-0.1, -0.05) is 32.0 Å². The summed E-state index contributed by atoms with van der Waals surface area (Å²) >= 11 is 0. The third kappa shape index (κ3) is 3.78. The Morgan fingerprint density at radius 2 is 1.95 bits per heavy atom. The Kier molecular flexibility index (Phi) is 5.36. The largest absolute Gasteiger partial charge is 0.314 e. The summed E-state index contributed by atoms with van der Waals surface area (Å²) in [6.45, 7) is 10.7. The van der Waals surface area contributed by atoms with E-state index < -0.39 is 0 Å². The van der Waals surface area contributed by atoms with Crippen molar-refractivity contribution in [1.82, 2.24) is 20.0 Å². The molecule has 1 aromatic heterocycles. The molecule has 0 spiro atoms. The molecule has 0 atom stereocenters. The molecule has 0 aliphatic rings. The van der Waals surface area contributed by atoms with Crippen molar-refractivity contribution < 1.29 is 0 Å². The van der Waals surface area contributed by atoms with Crippen LogP contribution in [-0.4, -0.2) is 47.4 Å². The SMILES string of the molecule is CCN(CC)CCNCCn1ncc2ccccc21. The number of nitrogens with one attached hydrogen (secondary N) is 1. The molecule has 1 N–H and O–H groups in total. The molecule has 0 radical (unpaired) electrons. The first-order chi connectivity index (χ1) is 9.35. The third-order valence-electron chi connectivity index (χ3n) is 3.55. The number of aromatic nitrogens is 2. The number of hydrogen-bond donors (Lipinski definition) is 1. The number of likely N-dealkylation sites (N-methyl/N-ethyl adjacent to an activating group) is 1. The van der Waals surface area contributed by atoms with E-state index >= 15 is 0 Å². The lowest BCUT2D eigenvalue weighted by Crippen LogP contribution is -2.33. The van der Waals surface area contributed by atoms with Gasteiger partial charge in [0.15, 0.2) is 0 Å². The van der Waals surface area contributed by atoms with Crippen LogP contribution in [0.2, 0.25) is 0 Å². The third-order valence-corrected chi connectivity index (χ3v) is 3.55. The van der Waals surface area contributed by atoms with Crippen LogP contribution in [0.25, 0.3) is 10.9 Å². The summed E-state index contributed by atoms with van der Waals surface area (Å²) in [4.78, 5) is 2.43. The summed E-state index contributed by atoms with van der Waals surface area (Å²) in [5.41, 5.74) is 1.22. The standard InChI is InChI=1S/C15H24N4/c1-3-18(4-2)11-9-16-10-12-19-15-8-6-5-7-14(15)13-17-19/h5-8,13,16H,3-4,9-12H2,1-2H3. The van der Waals surface area contributed by atoms with E-state index in [4.69, 9.17) is 0 Å². The molecule has 0 saturated carbocycles. The highest BCUT2D eigenvalue weighted by molar-refractivity contribution is 5.78. The van der Waals surface area contributed by atoms with Crippen LogP contribution < -0.4 is 5.32 Å².